The number of ether oxygens (including phenoxy) is 1. The Labute approximate surface area is 166 Å². The second kappa shape index (κ2) is 8.73. The van der Waals surface area contributed by atoms with Crippen LogP contribution in [0.3, 0.4) is 0 Å². The summed E-state index contributed by atoms with van der Waals surface area (Å²) in [7, 11) is 1.69. The Bertz CT molecular complexity index is 791. The minimum absolute atomic E-state index is 0.233. The van der Waals surface area contributed by atoms with Crippen molar-refractivity contribution in [3.63, 3.8) is 0 Å². The van der Waals surface area contributed by atoms with E-state index in [0.717, 1.165) is 44.0 Å². The van der Waals surface area contributed by atoms with E-state index in [1.54, 1.807) is 7.11 Å². The molecule has 4 rings (SSSR count). The van der Waals surface area contributed by atoms with Gasteiger partial charge in [0, 0.05) is 44.2 Å². The Morgan fingerprint density at radius 1 is 1.14 bits per heavy atom. The van der Waals surface area contributed by atoms with Crippen molar-refractivity contribution in [1.29, 1.82) is 0 Å². The number of carbonyl (C=O) groups is 1. The van der Waals surface area contributed by atoms with Gasteiger partial charge >= 0.3 is 0 Å². The van der Waals surface area contributed by atoms with Gasteiger partial charge in [0.15, 0.2) is 0 Å². The summed E-state index contributed by atoms with van der Waals surface area (Å²) in [5, 5.41) is 3.58. The standard InChI is InChI=1S/C22H28N4O2/c1-28-20-10-6-17(7-11-20)22-18(15-24-25-22)14-23-13-16-4-8-19(9-5-16)26-12-2-3-21(26)27/h4-11,18,22-25H,2-3,12-15H2,1H3. The Morgan fingerprint density at radius 2 is 1.93 bits per heavy atom. The van der Waals surface area contributed by atoms with Gasteiger partial charge in [-0.15, -0.1) is 0 Å². The van der Waals surface area contributed by atoms with Crippen LogP contribution in [0.2, 0.25) is 0 Å². The lowest BCUT2D eigenvalue weighted by atomic mass is 9.95. The number of nitrogens with zero attached hydrogens (tertiary/aromatic N) is 1. The predicted octanol–water partition coefficient (Wildman–Crippen LogP) is 2.38. The molecule has 2 saturated heterocycles. The lowest BCUT2D eigenvalue weighted by Gasteiger charge is -2.20. The molecule has 2 atom stereocenters. The highest BCUT2D eigenvalue weighted by Crippen LogP contribution is 2.26. The molecule has 0 radical (unpaired) electrons. The first-order valence-electron chi connectivity index (χ1n) is 9.97. The summed E-state index contributed by atoms with van der Waals surface area (Å²) in [6, 6.07) is 16.9. The quantitative estimate of drug-likeness (QED) is 0.688. The molecule has 6 nitrogen and oxygen atoms in total. The molecule has 2 fully saturated rings. The van der Waals surface area contributed by atoms with Crippen LogP contribution in [0.4, 0.5) is 5.69 Å². The van der Waals surface area contributed by atoms with Crippen molar-refractivity contribution in [2.24, 2.45) is 5.92 Å². The van der Waals surface area contributed by atoms with Crippen molar-refractivity contribution in [2.45, 2.75) is 25.4 Å². The Hall–Kier alpha value is -2.41. The molecule has 0 aromatic heterocycles. The van der Waals surface area contributed by atoms with Crippen LogP contribution in [0.25, 0.3) is 0 Å². The molecule has 1 amide bonds. The lowest BCUT2D eigenvalue weighted by Crippen LogP contribution is -2.28. The van der Waals surface area contributed by atoms with E-state index >= 15 is 0 Å². The number of nitrogens with one attached hydrogen (secondary N) is 3. The third-order valence-electron chi connectivity index (χ3n) is 5.63. The first-order chi connectivity index (χ1) is 13.7. The molecule has 0 bridgehead atoms. The molecule has 2 unspecified atom stereocenters. The van der Waals surface area contributed by atoms with E-state index in [9.17, 15) is 4.79 Å². The largest absolute Gasteiger partial charge is 0.497 e. The Kier molecular flexibility index (Phi) is 5.90. The maximum absolute atomic E-state index is 11.9. The van der Waals surface area contributed by atoms with Crippen molar-refractivity contribution in [3.8, 4) is 5.75 Å². The minimum Gasteiger partial charge on any atom is -0.497 e. The van der Waals surface area contributed by atoms with Gasteiger partial charge in [0.2, 0.25) is 5.91 Å². The molecule has 2 heterocycles. The molecule has 6 heteroatoms. The molecule has 0 spiro atoms. The second-order valence-electron chi connectivity index (χ2n) is 7.48. The van der Waals surface area contributed by atoms with E-state index in [0.29, 0.717) is 12.3 Å². The lowest BCUT2D eigenvalue weighted by molar-refractivity contribution is -0.117. The molecular weight excluding hydrogens is 352 g/mol. The fraction of sp³-hybridized carbons (Fsp3) is 0.409. The molecule has 28 heavy (non-hydrogen) atoms. The Balaban J connectivity index is 1.29. The van der Waals surface area contributed by atoms with Crippen LogP contribution in [0, 0.1) is 5.92 Å². The third kappa shape index (κ3) is 4.19. The molecule has 2 aliphatic rings. The smallest absolute Gasteiger partial charge is 0.227 e. The zero-order valence-electron chi connectivity index (χ0n) is 16.3. The fourth-order valence-corrected chi connectivity index (χ4v) is 4.01. The van der Waals surface area contributed by atoms with Crippen LogP contribution in [0.5, 0.6) is 5.75 Å². The molecule has 2 aliphatic heterocycles. The first-order valence-corrected chi connectivity index (χ1v) is 9.97. The van der Waals surface area contributed by atoms with Crippen LogP contribution in [-0.4, -0.2) is 32.7 Å². The summed E-state index contributed by atoms with van der Waals surface area (Å²) in [4.78, 5) is 13.7. The van der Waals surface area contributed by atoms with E-state index in [-0.39, 0.29) is 11.9 Å². The van der Waals surface area contributed by atoms with Gasteiger partial charge in [0.25, 0.3) is 0 Å². The molecule has 0 aliphatic carbocycles. The van der Waals surface area contributed by atoms with Crippen LogP contribution in [-0.2, 0) is 11.3 Å². The van der Waals surface area contributed by atoms with Gasteiger partial charge in [0.05, 0.1) is 13.2 Å². The SMILES string of the molecule is COc1ccc(C2NNCC2CNCc2ccc(N3CCCC3=O)cc2)cc1. The second-order valence-corrected chi connectivity index (χ2v) is 7.48. The number of hydrogen-bond acceptors (Lipinski definition) is 5. The first kappa shape index (κ1) is 18.9. The van der Waals surface area contributed by atoms with Crippen LogP contribution < -0.4 is 25.8 Å². The van der Waals surface area contributed by atoms with E-state index in [1.807, 2.05) is 17.0 Å². The van der Waals surface area contributed by atoms with Crippen molar-refractivity contribution in [2.75, 3.05) is 31.6 Å². The minimum atomic E-state index is 0.233. The van der Waals surface area contributed by atoms with Crippen molar-refractivity contribution in [1.82, 2.24) is 16.2 Å². The van der Waals surface area contributed by atoms with Gasteiger partial charge in [0.1, 0.15) is 5.75 Å². The molecule has 3 N–H and O–H groups in total. The van der Waals surface area contributed by atoms with Gasteiger partial charge in [-0.1, -0.05) is 24.3 Å². The number of rotatable bonds is 7. The number of methoxy groups -OCH3 is 1. The number of anilines is 1. The molecule has 0 saturated carbocycles. The summed E-state index contributed by atoms with van der Waals surface area (Å²) in [5.41, 5.74) is 10.2. The average Bonchev–Trinajstić information content (AvgIpc) is 3.38. The normalized spacial score (nSPS) is 22.0. The van der Waals surface area contributed by atoms with Crippen molar-refractivity contribution in [3.05, 3.63) is 59.7 Å². The maximum Gasteiger partial charge on any atom is 0.227 e. The summed E-state index contributed by atoms with van der Waals surface area (Å²) < 4.78 is 5.25. The van der Waals surface area contributed by atoms with E-state index in [4.69, 9.17) is 4.74 Å². The monoisotopic (exact) mass is 380 g/mol. The third-order valence-corrected chi connectivity index (χ3v) is 5.63. The number of hydrogen-bond donors (Lipinski definition) is 3. The molecule has 2 aromatic carbocycles. The Morgan fingerprint density at radius 3 is 2.61 bits per heavy atom. The van der Waals surface area contributed by atoms with Crippen molar-refractivity contribution < 1.29 is 9.53 Å². The van der Waals surface area contributed by atoms with Crippen LogP contribution in [0.1, 0.15) is 30.0 Å². The van der Waals surface area contributed by atoms with Crippen LogP contribution in [0.15, 0.2) is 48.5 Å². The van der Waals surface area contributed by atoms with E-state index in [1.165, 1.54) is 11.1 Å². The number of amides is 1. The van der Waals surface area contributed by atoms with Gasteiger partial charge < -0.3 is 15.0 Å². The predicted molar refractivity (Wildman–Crippen MR) is 110 cm³/mol. The maximum atomic E-state index is 11.9. The number of benzene rings is 2. The van der Waals surface area contributed by atoms with Crippen LogP contribution >= 0.6 is 0 Å². The highest BCUT2D eigenvalue weighted by molar-refractivity contribution is 5.95. The molecular formula is C22H28N4O2. The van der Waals surface area contributed by atoms with Gasteiger partial charge in [-0.2, -0.15) is 0 Å². The zero-order chi connectivity index (χ0) is 19.3. The van der Waals surface area contributed by atoms with Gasteiger partial charge in [-0.3, -0.25) is 10.2 Å². The number of carbonyl (C=O) groups excluding carboxylic acids is 1. The highest BCUT2D eigenvalue weighted by atomic mass is 16.5. The van der Waals surface area contributed by atoms with E-state index < -0.39 is 0 Å². The van der Waals surface area contributed by atoms with E-state index in [2.05, 4.69) is 52.6 Å². The average molecular weight is 380 g/mol. The topological polar surface area (TPSA) is 65.6 Å². The fourth-order valence-electron chi connectivity index (χ4n) is 4.01. The van der Waals surface area contributed by atoms with Gasteiger partial charge in [-0.25, -0.2) is 5.43 Å². The van der Waals surface area contributed by atoms with Gasteiger partial charge in [-0.05, 0) is 41.8 Å². The number of hydrazine groups is 1. The molecule has 148 valence electrons. The van der Waals surface area contributed by atoms with Crippen molar-refractivity contribution >= 4 is 11.6 Å². The summed E-state index contributed by atoms with van der Waals surface area (Å²) in [6.07, 6.45) is 1.63. The molecule has 2 aromatic rings. The summed E-state index contributed by atoms with van der Waals surface area (Å²) in [5.74, 6) is 1.58. The zero-order valence-corrected chi connectivity index (χ0v) is 16.3. The summed E-state index contributed by atoms with van der Waals surface area (Å²) in [6.45, 7) is 3.51. The highest BCUT2D eigenvalue weighted by Gasteiger charge is 2.27. The summed E-state index contributed by atoms with van der Waals surface area (Å²) >= 11 is 0.